The molecule has 1 fully saturated rings. The van der Waals surface area contributed by atoms with E-state index in [0.717, 1.165) is 49.7 Å². The summed E-state index contributed by atoms with van der Waals surface area (Å²) in [5, 5.41) is 31.4. The van der Waals surface area contributed by atoms with E-state index in [1.807, 2.05) is 24.3 Å². The van der Waals surface area contributed by atoms with Crippen molar-refractivity contribution in [3.8, 4) is 0 Å². The Balaban J connectivity index is 0.000000590. The average molecular weight is 517 g/mol. The summed E-state index contributed by atoms with van der Waals surface area (Å²) in [5.74, 6) is -0.0255. The number of ether oxygens (including phenoxy) is 1. The molecule has 1 saturated heterocycles. The van der Waals surface area contributed by atoms with Crippen LogP contribution in [0.2, 0.25) is 0 Å². The van der Waals surface area contributed by atoms with Crippen LogP contribution in [0.3, 0.4) is 0 Å². The van der Waals surface area contributed by atoms with Gasteiger partial charge < -0.3 is 25.2 Å². The van der Waals surface area contributed by atoms with Crippen molar-refractivity contribution in [2.45, 2.75) is 44.9 Å². The number of unbranched alkanes of at least 4 members (excludes halogenated alkanes) is 1. The first-order valence-corrected chi connectivity index (χ1v) is 12.0. The Hall–Kier alpha value is -3.49. The van der Waals surface area contributed by atoms with Crippen LogP contribution in [0.5, 0.6) is 0 Å². The molecule has 10 nitrogen and oxygen atoms in total. The number of cyclic esters (lactones) is 1. The van der Waals surface area contributed by atoms with E-state index in [4.69, 9.17) is 25.2 Å². The van der Waals surface area contributed by atoms with Crippen molar-refractivity contribution in [1.29, 1.82) is 0 Å². The lowest BCUT2D eigenvalue weighted by atomic mass is 10.0. The first kappa shape index (κ1) is 33.5. The summed E-state index contributed by atoms with van der Waals surface area (Å²) in [6.45, 7) is 0.778. The van der Waals surface area contributed by atoms with Gasteiger partial charge in [-0.15, -0.1) is 0 Å². The summed E-state index contributed by atoms with van der Waals surface area (Å²) in [4.78, 5) is 37.7. The van der Waals surface area contributed by atoms with Crippen molar-refractivity contribution >= 4 is 29.5 Å². The molecule has 2 aromatic carbocycles. The van der Waals surface area contributed by atoms with Gasteiger partial charge >= 0.3 is 5.97 Å². The SMILES string of the molecule is O=C1CCCCCO1.O=C=Nc1ccc(Cc2ccc(N=C=O)cc2)cc1.OCCCCO.OCCO. The molecule has 0 saturated carbocycles. The molecule has 10 heteroatoms. The summed E-state index contributed by atoms with van der Waals surface area (Å²) in [6.07, 6.45) is 9.04. The van der Waals surface area contributed by atoms with Crippen molar-refractivity contribution in [1.82, 2.24) is 0 Å². The van der Waals surface area contributed by atoms with E-state index in [0.29, 0.717) is 24.4 Å². The average Bonchev–Trinajstić information content (AvgIpc) is 3.18. The highest BCUT2D eigenvalue weighted by atomic mass is 16.5. The van der Waals surface area contributed by atoms with Gasteiger partial charge in [-0.05, 0) is 73.9 Å². The zero-order valence-electron chi connectivity index (χ0n) is 20.9. The lowest BCUT2D eigenvalue weighted by Gasteiger charge is -2.02. The van der Waals surface area contributed by atoms with Crippen molar-refractivity contribution in [3.05, 3.63) is 59.7 Å². The number of esters is 1. The Morgan fingerprint density at radius 1 is 0.676 bits per heavy atom. The summed E-state index contributed by atoms with van der Waals surface area (Å²) < 4.78 is 4.76. The number of nitrogens with zero attached hydrogens (tertiary/aromatic N) is 2. The van der Waals surface area contributed by atoms with Crippen molar-refractivity contribution in [2.24, 2.45) is 9.98 Å². The largest absolute Gasteiger partial charge is 0.466 e. The van der Waals surface area contributed by atoms with Crippen LogP contribution in [0.25, 0.3) is 0 Å². The number of hydrogen-bond donors (Lipinski definition) is 4. The molecule has 4 N–H and O–H groups in total. The van der Waals surface area contributed by atoms with Gasteiger partial charge in [-0.1, -0.05) is 24.3 Å². The maximum Gasteiger partial charge on any atom is 0.305 e. The summed E-state index contributed by atoms with van der Waals surface area (Å²) in [6, 6.07) is 14.7. The minimum absolute atomic E-state index is 0.0255. The van der Waals surface area contributed by atoms with Gasteiger partial charge in [-0.25, -0.2) is 9.59 Å². The highest BCUT2D eigenvalue weighted by Gasteiger charge is 2.05. The second-order valence-corrected chi connectivity index (χ2v) is 7.55. The number of hydrogen-bond acceptors (Lipinski definition) is 10. The van der Waals surface area contributed by atoms with Crippen LogP contribution >= 0.6 is 0 Å². The van der Waals surface area contributed by atoms with Gasteiger partial charge in [-0.3, -0.25) is 4.79 Å². The molecule has 0 spiro atoms. The topological polar surface area (TPSA) is 166 Å². The summed E-state index contributed by atoms with van der Waals surface area (Å²) >= 11 is 0. The minimum Gasteiger partial charge on any atom is -0.466 e. The minimum atomic E-state index is -0.125. The van der Waals surface area contributed by atoms with E-state index in [1.165, 1.54) is 12.2 Å². The number of isocyanates is 2. The molecule has 0 unspecified atom stereocenters. The van der Waals surface area contributed by atoms with Gasteiger partial charge in [0.1, 0.15) is 0 Å². The molecule has 37 heavy (non-hydrogen) atoms. The fourth-order valence-electron chi connectivity index (χ4n) is 2.75. The third kappa shape index (κ3) is 19.4. The molecule has 0 aliphatic carbocycles. The molecular formula is C27H36N2O8. The Morgan fingerprint density at radius 2 is 1.14 bits per heavy atom. The molecule has 1 aliphatic rings. The van der Waals surface area contributed by atoms with Crippen molar-refractivity contribution in [2.75, 3.05) is 33.0 Å². The highest BCUT2D eigenvalue weighted by Crippen LogP contribution is 2.17. The van der Waals surface area contributed by atoms with Gasteiger partial charge in [0.05, 0.1) is 31.2 Å². The Bertz CT molecular complexity index is 860. The molecular weight excluding hydrogens is 480 g/mol. The van der Waals surface area contributed by atoms with Gasteiger partial charge in [-0.2, -0.15) is 9.98 Å². The Kier molecular flexibility index (Phi) is 21.9. The van der Waals surface area contributed by atoms with Crippen molar-refractivity contribution in [3.63, 3.8) is 0 Å². The first-order chi connectivity index (χ1) is 18.0. The van der Waals surface area contributed by atoms with Gasteiger partial charge in [0, 0.05) is 19.6 Å². The zero-order valence-corrected chi connectivity index (χ0v) is 20.9. The van der Waals surface area contributed by atoms with Crippen LogP contribution in [-0.2, 0) is 25.5 Å². The van der Waals surface area contributed by atoms with Gasteiger partial charge in [0.15, 0.2) is 0 Å². The maximum atomic E-state index is 10.5. The van der Waals surface area contributed by atoms with Crippen LogP contribution < -0.4 is 0 Å². The quantitative estimate of drug-likeness (QED) is 0.180. The third-order valence-corrected chi connectivity index (χ3v) is 4.58. The molecule has 0 radical (unpaired) electrons. The number of carbonyl (C=O) groups excluding carboxylic acids is 3. The smallest absolute Gasteiger partial charge is 0.305 e. The molecule has 1 heterocycles. The summed E-state index contributed by atoms with van der Waals surface area (Å²) in [7, 11) is 0. The van der Waals surface area contributed by atoms with E-state index in [-0.39, 0.29) is 32.4 Å². The van der Waals surface area contributed by atoms with Crippen LogP contribution in [0.15, 0.2) is 58.5 Å². The third-order valence-electron chi connectivity index (χ3n) is 4.58. The van der Waals surface area contributed by atoms with E-state index in [9.17, 15) is 14.4 Å². The van der Waals surface area contributed by atoms with E-state index in [2.05, 4.69) is 9.98 Å². The summed E-state index contributed by atoms with van der Waals surface area (Å²) in [5.41, 5.74) is 3.40. The zero-order chi connectivity index (χ0) is 27.6. The lowest BCUT2D eigenvalue weighted by Crippen LogP contribution is -2.00. The van der Waals surface area contributed by atoms with Crippen LogP contribution in [-0.4, -0.2) is 71.6 Å². The number of aliphatic hydroxyl groups excluding tert-OH is 4. The first-order valence-electron chi connectivity index (χ1n) is 12.0. The van der Waals surface area contributed by atoms with Crippen LogP contribution in [0.1, 0.15) is 49.7 Å². The fraction of sp³-hybridized carbons (Fsp3) is 0.444. The highest BCUT2D eigenvalue weighted by molar-refractivity contribution is 5.69. The van der Waals surface area contributed by atoms with Gasteiger partial charge in [0.2, 0.25) is 12.2 Å². The van der Waals surface area contributed by atoms with E-state index >= 15 is 0 Å². The maximum absolute atomic E-state index is 10.5. The number of benzene rings is 2. The number of aliphatic imine (C=N–C) groups is 2. The molecule has 3 rings (SSSR count). The number of rotatable bonds is 8. The second kappa shape index (κ2) is 24.2. The van der Waals surface area contributed by atoms with E-state index in [1.54, 1.807) is 24.3 Å². The van der Waals surface area contributed by atoms with Crippen molar-refractivity contribution < 1.29 is 39.5 Å². The van der Waals surface area contributed by atoms with Gasteiger partial charge in [0.25, 0.3) is 0 Å². The molecule has 2 aromatic rings. The normalized spacial score (nSPS) is 11.7. The number of aliphatic hydroxyl groups is 4. The fourth-order valence-corrected chi connectivity index (χ4v) is 2.75. The van der Waals surface area contributed by atoms with Crippen LogP contribution in [0, 0.1) is 0 Å². The van der Waals surface area contributed by atoms with Crippen LogP contribution in [0.4, 0.5) is 11.4 Å². The monoisotopic (exact) mass is 516 g/mol. The Morgan fingerprint density at radius 3 is 1.51 bits per heavy atom. The molecule has 0 atom stereocenters. The predicted molar refractivity (Wildman–Crippen MR) is 138 cm³/mol. The molecule has 202 valence electrons. The Labute approximate surface area is 217 Å². The lowest BCUT2D eigenvalue weighted by molar-refractivity contribution is -0.142. The number of carbonyl (C=O) groups is 1. The second-order valence-electron chi connectivity index (χ2n) is 7.55. The molecule has 0 bridgehead atoms. The van der Waals surface area contributed by atoms with E-state index < -0.39 is 0 Å². The standard InChI is InChI=1S/C15H10N2O2.C6H10O2.C4H10O2.C2H6O2/c18-10-16-14-5-1-12(2-6-14)9-13-3-7-15(8-4-13)17-11-19;7-6-4-2-1-3-5-8-6;5-3-1-2-4-6;3-1-2-4/h1-8H,9H2;1-5H2;5-6H,1-4H2;3-4H,1-2H2. The molecule has 0 amide bonds. The predicted octanol–water partition coefficient (Wildman–Crippen LogP) is 3.04. The molecule has 1 aliphatic heterocycles. The molecule has 0 aromatic heterocycles.